The highest BCUT2D eigenvalue weighted by atomic mass is 35.5. The van der Waals surface area contributed by atoms with Gasteiger partial charge in [-0.15, -0.1) is 0 Å². The predicted molar refractivity (Wildman–Crippen MR) is 118 cm³/mol. The Bertz CT molecular complexity index is 1150. The van der Waals surface area contributed by atoms with Crippen LogP contribution in [0.25, 0.3) is 0 Å². The Labute approximate surface area is 188 Å². The molecule has 2 N–H and O–H groups in total. The average Bonchev–Trinajstić information content (AvgIpc) is 2.71. The predicted octanol–water partition coefficient (Wildman–Crippen LogP) is 6.56. The normalized spacial score (nSPS) is 11.3. The van der Waals surface area contributed by atoms with Gasteiger partial charge in [-0.1, -0.05) is 35.9 Å². The number of benzene rings is 3. The van der Waals surface area contributed by atoms with E-state index < -0.39 is 17.6 Å². The lowest BCUT2D eigenvalue weighted by atomic mass is 10.0. The quantitative estimate of drug-likeness (QED) is 0.435. The average molecular weight is 464 g/mol. The number of phenolic OH excluding ortho intramolecular Hbond substituents is 1. The monoisotopic (exact) mass is 463 g/mol. The standard InChI is InChI=1S/C24H21ClF3NO3/c1-14-11-15(2)22(32-10-9-16-5-3-4-6-19(16)24(26,27)28)20(12-14)29-23(31)18-13-17(25)7-8-21(18)30/h3-8,11-13,30H,9-10H2,1-2H3,(H,29,31). The zero-order valence-electron chi connectivity index (χ0n) is 17.4. The number of aryl methyl sites for hydroxylation is 2. The molecule has 0 aromatic heterocycles. The molecule has 0 bridgehead atoms. The first-order valence-electron chi connectivity index (χ1n) is 9.75. The number of amides is 1. The van der Waals surface area contributed by atoms with Crippen molar-refractivity contribution in [1.82, 2.24) is 0 Å². The number of halogens is 4. The van der Waals surface area contributed by atoms with Crippen molar-refractivity contribution in [3.63, 3.8) is 0 Å². The molecular weight excluding hydrogens is 443 g/mol. The summed E-state index contributed by atoms with van der Waals surface area (Å²) in [5.74, 6) is -0.486. The van der Waals surface area contributed by atoms with E-state index in [9.17, 15) is 23.1 Å². The fourth-order valence-corrected chi connectivity index (χ4v) is 3.57. The fourth-order valence-electron chi connectivity index (χ4n) is 3.40. The summed E-state index contributed by atoms with van der Waals surface area (Å²) in [6, 6.07) is 13.0. The third kappa shape index (κ3) is 5.53. The number of carbonyl (C=O) groups excluding carboxylic acids is 1. The second-order valence-corrected chi connectivity index (χ2v) is 7.76. The maximum Gasteiger partial charge on any atom is 0.416 e. The molecule has 0 unspecified atom stereocenters. The summed E-state index contributed by atoms with van der Waals surface area (Å²) in [5.41, 5.74) is 1.31. The van der Waals surface area contributed by atoms with E-state index >= 15 is 0 Å². The van der Waals surface area contributed by atoms with Gasteiger partial charge in [0.25, 0.3) is 5.91 Å². The van der Waals surface area contributed by atoms with Gasteiger partial charge in [0.2, 0.25) is 0 Å². The number of nitrogens with one attached hydrogen (secondary N) is 1. The van der Waals surface area contributed by atoms with Gasteiger partial charge in [0, 0.05) is 11.4 Å². The van der Waals surface area contributed by atoms with Crippen molar-refractivity contribution in [2.24, 2.45) is 0 Å². The highest BCUT2D eigenvalue weighted by molar-refractivity contribution is 6.31. The molecule has 0 saturated carbocycles. The van der Waals surface area contributed by atoms with E-state index in [4.69, 9.17) is 16.3 Å². The van der Waals surface area contributed by atoms with Crippen LogP contribution in [-0.4, -0.2) is 17.6 Å². The van der Waals surface area contributed by atoms with Gasteiger partial charge in [0.05, 0.1) is 23.4 Å². The Morgan fingerprint density at radius 2 is 1.81 bits per heavy atom. The van der Waals surface area contributed by atoms with Crippen LogP contribution in [0.1, 0.15) is 32.6 Å². The molecule has 0 aliphatic heterocycles. The molecule has 0 aliphatic rings. The summed E-state index contributed by atoms with van der Waals surface area (Å²) in [5, 5.41) is 13.0. The first-order valence-corrected chi connectivity index (χ1v) is 10.1. The van der Waals surface area contributed by atoms with Crippen LogP contribution >= 0.6 is 11.6 Å². The lowest BCUT2D eigenvalue weighted by Gasteiger charge is -2.17. The lowest BCUT2D eigenvalue weighted by Crippen LogP contribution is -2.15. The number of anilines is 1. The van der Waals surface area contributed by atoms with Gasteiger partial charge in [0.15, 0.2) is 0 Å². The van der Waals surface area contributed by atoms with Crippen molar-refractivity contribution in [2.75, 3.05) is 11.9 Å². The largest absolute Gasteiger partial charge is 0.507 e. The molecule has 4 nitrogen and oxygen atoms in total. The summed E-state index contributed by atoms with van der Waals surface area (Å²) < 4.78 is 45.5. The molecule has 3 aromatic carbocycles. The van der Waals surface area contributed by atoms with Crippen LogP contribution in [0.3, 0.4) is 0 Å². The van der Waals surface area contributed by atoms with Crippen molar-refractivity contribution < 1.29 is 27.8 Å². The number of hydrogen-bond acceptors (Lipinski definition) is 3. The van der Waals surface area contributed by atoms with Crippen molar-refractivity contribution >= 4 is 23.2 Å². The van der Waals surface area contributed by atoms with Gasteiger partial charge in [-0.05, 0) is 60.9 Å². The van der Waals surface area contributed by atoms with Gasteiger partial charge in [-0.3, -0.25) is 4.79 Å². The fraction of sp³-hybridized carbons (Fsp3) is 0.208. The number of carbonyl (C=O) groups is 1. The Balaban J connectivity index is 1.81. The topological polar surface area (TPSA) is 58.6 Å². The van der Waals surface area contributed by atoms with Gasteiger partial charge in [-0.2, -0.15) is 13.2 Å². The molecule has 0 spiro atoms. The Morgan fingerprint density at radius 3 is 2.53 bits per heavy atom. The van der Waals surface area contributed by atoms with Crippen molar-refractivity contribution in [1.29, 1.82) is 0 Å². The molecule has 3 aromatic rings. The Kier molecular flexibility index (Phi) is 6.99. The zero-order valence-corrected chi connectivity index (χ0v) is 18.1. The van der Waals surface area contributed by atoms with Crippen molar-refractivity contribution in [3.8, 4) is 11.5 Å². The maximum absolute atomic E-state index is 13.2. The molecule has 168 valence electrons. The summed E-state index contributed by atoms with van der Waals surface area (Å²) in [4.78, 5) is 12.7. The van der Waals surface area contributed by atoms with Gasteiger partial charge in [0.1, 0.15) is 11.5 Å². The number of phenols is 1. The minimum absolute atomic E-state index is 0.0123. The summed E-state index contributed by atoms with van der Waals surface area (Å²) >= 11 is 5.92. The molecule has 0 saturated heterocycles. The summed E-state index contributed by atoms with van der Waals surface area (Å²) in [6.07, 6.45) is -4.42. The van der Waals surface area contributed by atoms with E-state index in [1.54, 1.807) is 19.1 Å². The summed E-state index contributed by atoms with van der Waals surface area (Å²) in [6.45, 7) is 3.59. The van der Waals surface area contributed by atoms with E-state index in [-0.39, 0.29) is 34.9 Å². The molecule has 0 aliphatic carbocycles. The minimum Gasteiger partial charge on any atom is -0.507 e. The lowest BCUT2D eigenvalue weighted by molar-refractivity contribution is -0.138. The number of hydrogen-bond donors (Lipinski definition) is 2. The van der Waals surface area contributed by atoms with Crippen LogP contribution < -0.4 is 10.1 Å². The third-order valence-corrected chi connectivity index (χ3v) is 5.05. The van der Waals surface area contributed by atoms with Crippen LogP contribution in [0, 0.1) is 13.8 Å². The summed E-state index contributed by atoms with van der Waals surface area (Å²) in [7, 11) is 0. The van der Waals surface area contributed by atoms with E-state index in [0.717, 1.165) is 11.6 Å². The smallest absolute Gasteiger partial charge is 0.416 e. The van der Waals surface area contributed by atoms with Crippen LogP contribution in [-0.2, 0) is 12.6 Å². The molecule has 0 radical (unpaired) electrons. The zero-order chi connectivity index (χ0) is 23.5. The SMILES string of the molecule is Cc1cc(C)c(OCCc2ccccc2C(F)(F)F)c(NC(=O)c2cc(Cl)ccc2O)c1. The third-order valence-electron chi connectivity index (χ3n) is 4.81. The van der Waals surface area contributed by atoms with E-state index in [1.807, 2.05) is 13.0 Å². The first-order chi connectivity index (χ1) is 15.1. The number of alkyl halides is 3. The van der Waals surface area contributed by atoms with Gasteiger partial charge < -0.3 is 15.2 Å². The van der Waals surface area contributed by atoms with Crippen LogP contribution in [0.15, 0.2) is 54.6 Å². The van der Waals surface area contributed by atoms with Crippen LogP contribution in [0.2, 0.25) is 5.02 Å². The molecule has 0 atom stereocenters. The van der Waals surface area contributed by atoms with E-state index in [1.165, 1.54) is 30.3 Å². The van der Waals surface area contributed by atoms with Crippen molar-refractivity contribution in [2.45, 2.75) is 26.4 Å². The second-order valence-electron chi connectivity index (χ2n) is 7.33. The highest BCUT2D eigenvalue weighted by Crippen LogP contribution is 2.34. The molecule has 1 amide bonds. The molecule has 0 heterocycles. The molecule has 3 rings (SSSR count). The molecule has 0 fully saturated rings. The Hall–Kier alpha value is -3.19. The van der Waals surface area contributed by atoms with Gasteiger partial charge in [-0.25, -0.2) is 0 Å². The van der Waals surface area contributed by atoms with E-state index in [0.29, 0.717) is 17.0 Å². The number of rotatable bonds is 6. The first kappa shape index (κ1) is 23.5. The molecule has 32 heavy (non-hydrogen) atoms. The van der Waals surface area contributed by atoms with Crippen LogP contribution in [0.5, 0.6) is 11.5 Å². The Morgan fingerprint density at radius 1 is 1.09 bits per heavy atom. The molecule has 8 heteroatoms. The molecular formula is C24H21ClF3NO3. The van der Waals surface area contributed by atoms with Crippen LogP contribution in [0.4, 0.5) is 18.9 Å². The highest BCUT2D eigenvalue weighted by Gasteiger charge is 2.32. The van der Waals surface area contributed by atoms with Gasteiger partial charge >= 0.3 is 6.18 Å². The van der Waals surface area contributed by atoms with Crippen molar-refractivity contribution in [3.05, 3.63) is 87.4 Å². The number of ether oxygens (including phenoxy) is 1. The maximum atomic E-state index is 13.2. The number of aromatic hydroxyl groups is 1. The van der Waals surface area contributed by atoms with E-state index in [2.05, 4.69) is 5.32 Å². The second kappa shape index (κ2) is 9.53. The minimum atomic E-state index is -4.45.